The normalized spacial score (nSPS) is 12.2. The molecule has 0 saturated carbocycles. The van der Waals surface area contributed by atoms with Crippen molar-refractivity contribution in [2.75, 3.05) is 40.0 Å². The van der Waals surface area contributed by atoms with Crippen LogP contribution in [0.15, 0.2) is 61.2 Å². The zero-order valence-corrected chi connectivity index (χ0v) is 20.7. The maximum absolute atomic E-state index is 14.6. The van der Waals surface area contributed by atoms with Crippen molar-refractivity contribution in [2.24, 2.45) is 0 Å². The molecule has 0 fully saturated rings. The number of hydrogen-bond donors (Lipinski definition) is 1. The molecule has 9 heteroatoms. The fourth-order valence-corrected chi connectivity index (χ4v) is 3.75. The van der Waals surface area contributed by atoms with Crippen molar-refractivity contribution < 1.29 is 28.1 Å². The molecule has 1 atom stereocenters. The molecule has 0 radical (unpaired) electrons. The number of methoxy groups -OCH3 is 1. The Morgan fingerprint density at radius 2 is 1.97 bits per heavy atom. The van der Waals surface area contributed by atoms with Crippen LogP contribution in [0.2, 0.25) is 0 Å². The monoisotopic (exact) mass is 501 g/mol. The van der Waals surface area contributed by atoms with Gasteiger partial charge in [0.1, 0.15) is 5.82 Å². The minimum Gasteiger partial charge on any atom is -0.435 e. The highest BCUT2D eigenvalue weighted by molar-refractivity contribution is 5.44. The lowest BCUT2D eigenvalue weighted by atomic mass is 10.1. The number of aromatic nitrogens is 2. The van der Waals surface area contributed by atoms with E-state index in [1.165, 1.54) is 6.07 Å². The second-order valence-corrected chi connectivity index (χ2v) is 8.22. The smallest absolute Gasteiger partial charge is 0.227 e. The van der Waals surface area contributed by atoms with Crippen LogP contribution >= 0.6 is 0 Å². The summed E-state index contributed by atoms with van der Waals surface area (Å²) in [5, 5.41) is 15.3. The minimum atomic E-state index is -0.814. The first-order chi connectivity index (χ1) is 17.5. The van der Waals surface area contributed by atoms with E-state index in [1.54, 1.807) is 17.9 Å². The van der Waals surface area contributed by atoms with Crippen LogP contribution in [0.4, 0.5) is 8.78 Å². The fourth-order valence-electron chi connectivity index (χ4n) is 3.75. The Kier molecular flexibility index (Phi) is 10.6. The van der Waals surface area contributed by atoms with Gasteiger partial charge in [0, 0.05) is 32.8 Å². The minimum absolute atomic E-state index is 0.112. The maximum atomic E-state index is 14.6. The van der Waals surface area contributed by atoms with Gasteiger partial charge in [-0.3, -0.25) is 4.90 Å². The van der Waals surface area contributed by atoms with Gasteiger partial charge in [0.05, 0.1) is 42.9 Å². The molecule has 0 spiro atoms. The van der Waals surface area contributed by atoms with E-state index < -0.39 is 17.7 Å². The largest absolute Gasteiger partial charge is 0.435 e. The number of aryl methyl sites for hydroxylation is 1. The third-order valence-corrected chi connectivity index (χ3v) is 5.46. The van der Waals surface area contributed by atoms with Crippen LogP contribution in [-0.2, 0) is 22.4 Å². The summed E-state index contributed by atoms with van der Waals surface area (Å²) in [7, 11) is 1.61. The van der Waals surface area contributed by atoms with Crippen molar-refractivity contribution in [1.29, 1.82) is 0 Å². The molecule has 194 valence electrons. The number of aliphatic hydroxyl groups excluding tert-OH is 1. The van der Waals surface area contributed by atoms with Crippen LogP contribution in [0.25, 0.3) is 5.69 Å². The summed E-state index contributed by atoms with van der Waals surface area (Å²) in [6, 6.07) is 12.5. The summed E-state index contributed by atoms with van der Waals surface area (Å²) in [5.41, 5.74) is 2.23. The molecular formula is C27H33F2N3O4. The fraction of sp³-hybridized carbons (Fsp3) is 0.370. The van der Waals surface area contributed by atoms with E-state index in [0.717, 1.165) is 29.1 Å². The average Bonchev–Trinajstić information content (AvgIpc) is 3.21. The number of ether oxygens (including phenoxy) is 3. The zero-order chi connectivity index (χ0) is 25.9. The molecule has 0 aliphatic heterocycles. The van der Waals surface area contributed by atoms with E-state index in [0.29, 0.717) is 45.1 Å². The molecule has 3 rings (SSSR count). The van der Waals surface area contributed by atoms with Gasteiger partial charge < -0.3 is 19.3 Å². The molecule has 0 aliphatic carbocycles. The summed E-state index contributed by atoms with van der Waals surface area (Å²) in [4.78, 5) is 2.00. The third kappa shape index (κ3) is 7.44. The molecule has 2 aromatic carbocycles. The molecule has 7 nitrogen and oxygen atoms in total. The second kappa shape index (κ2) is 13.8. The zero-order valence-electron chi connectivity index (χ0n) is 20.7. The first-order valence-electron chi connectivity index (χ1n) is 11.8. The number of para-hydroxylation sites is 1. The average molecular weight is 502 g/mol. The maximum Gasteiger partial charge on any atom is 0.227 e. The van der Waals surface area contributed by atoms with Gasteiger partial charge in [-0.1, -0.05) is 31.2 Å². The number of halogens is 2. The lowest BCUT2D eigenvalue weighted by Gasteiger charge is -2.25. The van der Waals surface area contributed by atoms with Crippen LogP contribution < -0.4 is 4.74 Å². The number of hydrogen-bond acceptors (Lipinski definition) is 6. The summed E-state index contributed by atoms with van der Waals surface area (Å²) in [5.74, 6) is -1.29. The van der Waals surface area contributed by atoms with Gasteiger partial charge in [0.25, 0.3) is 0 Å². The van der Waals surface area contributed by atoms with Crippen LogP contribution in [-0.4, -0.2) is 65.9 Å². The Balaban J connectivity index is 1.99. The summed E-state index contributed by atoms with van der Waals surface area (Å²) in [6.07, 6.45) is 1.48. The van der Waals surface area contributed by atoms with Crippen molar-refractivity contribution in [3.05, 3.63) is 84.1 Å². The lowest BCUT2D eigenvalue weighted by Crippen LogP contribution is -2.36. The predicted molar refractivity (Wildman–Crippen MR) is 134 cm³/mol. The Bertz CT molecular complexity index is 1110. The highest BCUT2D eigenvalue weighted by atomic mass is 19.1. The van der Waals surface area contributed by atoms with Crippen molar-refractivity contribution in [1.82, 2.24) is 14.7 Å². The molecule has 0 saturated heterocycles. The van der Waals surface area contributed by atoms with E-state index in [9.17, 15) is 13.9 Å². The Morgan fingerprint density at radius 3 is 2.64 bits per heavy atom. The second-order valence-electron chi connectivity index (χ2n) is 8.22. The SMILES string of the molecule is C=CCOC[C@H](O)CN(CCOC)Cc1c(CC)nn(-c2ccccc2)c1Oc1ccc(F)cc1F. The highest BCUT2D eigenvalue weighted by Crippen LogP contribution is 2.33. The van der Waals surface area contributed by atoms with Crippen LogP contribution in [0.5, 0.6) is 11.6 Å². The lowest BCUT2D eigenvalue weighted by molar-refractivity contribution is 0.0192. The van der Waals surface area contributed by atoms with Gasteiger partial charge >= 0.3 is 0 Å². The van der Waals surface area contributed by atoms with Crippen molar-refractivity contribution >= 4 is 0 Å². The topological polar surface area (TPSA) is 69.0 Å². The molecular weight excluding hydrogens is 468 g/mol. The van der Waals surface area contributed by atoms with Gasteiger partial charge in [-0.05, 0) is 30.7 Å². The Labute approximate surface area is 210 Å². The third-order valence-electron chi connectivity index (χ3n) is 5.46. The first kappa shape index (κ1) is 27.5. The molecule has 3 aromatic rings. The summed E-state index contributed by atoms with van der Waals surface area (Å²) < 4.78 is 46.4. The quantitative estimate of drug-likeness (QED) is 0.244. The predicted octanol–water partition coefficient (Wildman–Crippen LogP) is 4.52. The molecule has 36 heavy (non-hydrogen) atoms. The standard InChI is InChI=1S/C27H33F2N3O4/c1-4-14-35-19-22(33)17-31(13-15-34-3)18-23-25(5-2)30-32(21-9-7-6-8-10-21)27(23)36-26-12-11-20(28)16-24(26)29/h4,6-12,16,22,33H,1,5,13-15,17-19H2,2-3H3/t22-/m1/s1. The van der Waals surface area contributed by atoms with Crippen LogP contribution in [0.1, 0.15) is 18.2 Å². The van der Waals surface area contributed by atoms with E-state index in [2.05, 4.69) is 6.58 Å². The first-order valence-corrected chi connectivity index (χ1v) is 11.8. The molecule has 1 heterocycles. The van der Waals surface area contributed by atoms with E-state index in [1.807, 2.05) is 42.2 Å². The van der Waals surface area contributed by atoms with E-state index in [4.69, 9.17) is 19.3 Å². The van der Waals surface area contributed by atoms with Gasteiger partial charge in [-0.2, -0.15) is 5.10 Å². The summed E-state index contributed by atoms with van der Waals surface area (Å²) >= 11 is 0. The molecule has 0 amide bonds. The van der Waals surface area contributed by atoms with Crippen molar-refractivity contribution in [3.8, 4) is 17.3 Å². The van der Waals surface area contributed by atoms with Gasteiger partial charge in [-0.15, -0.1) is 6.58 Å². The van der Waals surface area contributed by atoms with Crippen LogP contribution in [0.3, 0.4) is 0 Å². The number of benzene rings is 2. The molecule has 0 bridgehead atoms. The highest BCUT2D eigenvalue weighted by Gasteiger charge is 2.24. The van der Waals surface area contributed by atoms with Gasteiger partial charge in [0.2, 0.25) is 5.88 Å². The molecule has 0 aliphatic rings. The van der Waals surface area contributed by atoms with Crippen molar-refractivity contribution in [2.45, 2.75) is 26.0 Å². The van der Waals surface area contributed by atoms with Crippen LogP contribution in [0, 0.1) is 11.6 Å². The number of rotatable bonds is 15. The van der Waals surface area contributed by atoms with E-state index >= 15 is 0 Å². The van der Waals surface area contributed by atoms with Crippen molar-refractivity contribution in [3.63, 3.8) is 0 Å². The summed E-state index contributed by atoms with van der Waals surface area (Å²) in [6.45, 7) is 7.72. The molecule has 1 aromatic heterocycles. The number of nitrogens with zero attached hydrogens (tertiary/aromatic N) is 3. The number of aliphatic hydroxyl groups is 1. The Morgan fingerprint density at radius 1 is 1.19 bits per heavy atom. The van der Waals surface area contributed by atoms with Gasteiger partial charge in [0.15, 0.2) is 11.6 Å². The van der Waals surface area contributed by atoms with E-state index in [-0.39, 0.29) is 12.4 Å². The molecule has 0 unspecified atom stereocenters. The Hall–Kier alpha value is -3.11. The van der Waals surface area contributed by atoms with Gasteiger partial charge in [-0.25, -0.2) is 13.5 Å². The molecule has 1 N–H and O–H groups in total.